The standard InChI is InChI=1S/C5H8N2O/c1-4-2-6-3-5(8)7-4/h2-3,5,7-8H,1H3. The smallest absolute Gasteiger partial charge is 0.160 e. The minimum Gasteiger partial charge on any atom is -0.369 e. The maximum absolute atomic E-state index is 8.78. The van der Waals surface area contributed by atoms with Gasteiger partial charge in [0, 0.05) is 11.9 Å². The lowest BCUT2D eigenvalue weighted by Gasteiger charge is -2.11. The quantitative estimate of drug-likeness (QED) is 0.457. The normalized spacial score (nSPS) is 26.8. The highest BCUT2D eigenvalue weighted by Gasteiger charge is 2.00. The van der Waals surface area contributed by atoms with E-state index in [2.05, 4.69) is 10.3 Å². The topological polar surface area (TPSA) is 44.6 Å². The molecule has 0 saturated heterocycles. The molecule has 1 aliphatic heterocycles. The molecule has 1 aliphatic rings. The van der Waals surface area contributed by atoms with Gasteiger partial charge in [-0.1, -0.05) is 0 Å². The molecule has 0 bridgehead atoms. The molecule has 0 fully saturated rings. The fraction of sp³-hybridized carbons (Fsp3) is 0.400. The Morgan fingerprint density at radius 2 is 2.62 bits per heavy atom. The Hall–Kier alpha value is -0.830. The highest BCUT2D eigenvalue weighted by atomic mass is 16.3. The Labute approximate surface area is 47.7 Å². The van der Waals surface area contributed by atoms with Crippen molar-refractivity contribution in [2.24, 2.45) is 4.99 Å². The van der Waals surface area contributed by atoms with Gasteiger partial charge in [-0.15, -0.1) is 0 Å². The summed E-state index contributed by atoms with van der Waals surface area (Å²) in [6, 6.07) is 0. The number of hydrogen-bond donors (Lipinski definition) is 2. The minimum absolute atomic E-state index is 0.597. The van der Waals surface area contributed by atoms with E-state index in [1.165, 1.54) is 6.21 Å². The van der Waals surface area contributed by atoms with Crippen molar-refractivity contribution in [2.45, 2.75) is 13.2 Å². The molecule has 2 N–H and O–H groups in total. The first-order valence-electron chi connectivity index (χ1n) is 2.44. The van der Waals surface area contributed by atoms with Crippen LogP contribution < -0.4 is 5.32 Å². The molecule has 3 nitrogen and oxygen atoms in total. The average molecular weight is 112 g/mol. The number of hydrogen-bond acceptors (Lipinski definition) is 3. The van der Waals surface area contributed by atoms with Gasteiger partial charge in [0.15, 0.2) is 6.23 Å². The molecule has 1 rings (SSSR count). The van der Waals surface area contributed by atoms with Gasteiger partial charge in [0.05, 0.1) is 6.21 Å². The van der Waals surface area contributed by atoms with Gasteiger partial charge >= 0.3 is 0 Å². The monoisotopic (exact) mass is 112 g/mol. The van der Waals surface area contributed by atoms with Crippen LogP contribution >= 0.6 is 0 Å². The van der Waals surface area contributed by atoms with Gasteiger partial charge in [-0.2, -0.15) is 0 Å². The van der Waals surface area contributed by atoms with Crippen molar-refractivity contribution in [3.63, 3.8) is 0 Å². The van der Waals surface area contributed by atoms with Gasteiger partial charge in [-0.3, -0.25) is 4.99 Å². The molecule has 0 aromatic rings. The molecular formula is C5H8N2O. The van der Waals surface area contributed by atoms with Crippen LogP contribution in [0.1, 0.15) is 6.92 Å². The summed E-state index contributed by atoms with van der Waals surface area (Å²) >= 11 is 0. The lowest BCUT2D eigenvalue weighted by Crippen LogP contribution is -2.30. The Morgan fingerprint density at radius 1 is 1.88 bits per heavy atom. The van der Waals surface area contributed by atoms with Crippen LogP contribution in [0.4, 0.5) is 0 Å². The Kier molecular flexibility index (Phi) is 1.30. The van der Waals surface area contributed by atoms with Gasteiger partial charge in [0.2, 0.25) is 0 Å². The molecule has 0 aromatic carbocycles. The maximum atomic E-state index is 8.78. The summed E-state index contributed by atoms with van der Waals surface area (Å²) in [5.41, 5.74) is 0.889. The first-order chi connectivity index (χ1) is 3.79. The van der Waals surface area contributed by atoms with Gasteiger partial charge < -0.3 is 10.4 Å². The van der Waals surface area contributed by atoms with Crippen molar-refractivity contribution in [1.82, 2.24) is 5.32 Å². The second kappa shape index (κ2) is 1.96. The second-order valence-corrected chi connectivity index (χ2v) is 1.70. The van der Waals surface area contributed by atoms with Crippen molar-refractivity contribution in [3.05, 3.63) is 11.9 Å². The number of nitrogens with one attached hydrogen (secondary N) is 1. The van der Waals surface area contributed by atoms with E-state index in [0.717, 1.165) is 5.70 Å². The van der Waals surface area contributed by atoms with E-state index in [1.54, 1.807) is 6.20 Å². The van der Waals surface area contributed by atoms with E-state index in [4.69, 9.17) is 5.11 Å². The summed E-state index contributed by atoms with van der Waals surface area (Å²) in [6.07, 6.45) is 2.50. The zero-order valence-electron chi connectivity index (χ0n) is 4.63. The summed E-state index contributed by atoms with van der Waals surface area (Å²) in [6.45, 7) is 1.85. The molecule has 1 heterocycles. The van der Waals surface area contributed by atoms with Crippen LogP contribution in [-0.4, -0.2) is 17.5 Å². The van der Waals surface area contributed by atoms with Crippen LogP contribution in [0.15, 0.2) is 16.9 Å². The number of allylic oxidation sites excluding steroid dienone is 1. The Bertz CT molecular complexity index is 139. The average Bonchev–Trinajstić information content (AvgIpc) is 1.64. The number of rotatable bonds is 0. The first-order valence-corrected chi connectivity index (χ1v) is 2.44. The lowest BCUT2D eigenvalue weighted by atomic mass is 10.4. The number of aliphatic hydroxyl groups is 1. The first kappa shape index (κ1) is 5.31. The van der Waals surface area contributed by atoms with Gasteiger partial charge in [0.25, 0.3) is 0 Å². The fourth-order valence-corrected chi connectivity index (χ4v) is 0.544. The summed E-state index contributed by atoms with van der Waals surface area (Å²) in [5, 5.41) is 11.5. The second-order valence-electron chi connectivity index (χ2n) is 1.70. The van der Waals surface area contributed by atoms with Crippen molar-refractivity contribution >= 4 is 6.21 Å². The van der Waals surface area contributed by atoms with Crippen LogP contribution in [0.2, 0.25) is 0 Å². The van der Waals surface area contributed by atoms with E-state index in [1.807, 2.05) is 6.92 Å². The van der Waals surface area contributed by atoms with E-state index in [9.17, 15) is 0 Å². The predicted octanol–water partition coefficient (Wildman–Crippen LogP) is -0.160. The minimum atomic E-state index is -0.597. The van der Waals surface area contributed by atoms with Gasteiger partial charge in [-0.05, 0) is 6.92 Å². The summed E-state index contributed by atoms with van der Waals surface area (Å²) in [5.74, 6) is 0. The van der Waals surface area contributed by atoms with Gasteiger partial charge in [-0.25, -0.2) is 0 Å². The van der Waals surface area contributed by atoms with E-state index >= 15 is 0 Å². The summed E-state index contributed by atoms with van der Waals surface area (Å²) in [4.78, 5) is 3.74. The number of nitrogens with zero attached hydrogens (tertiary/aromatic N) is 1. The third-order valence-electron chi connectivity index (χ3n) is 0.871. The molecule has 8 heavy (non-hydrogen) atoms. The summed E-state index contributed by atoms with van der Waals surface area (Å²) in [7, 11) is 0. The molecule has 0 spiro atoms. The van der Waals surface area contributed by atoms with Crippen LogP contribution in [-0.2, 0) is 0 Å². The third-order valence-corrected chi connectivity index (χ3v) is 0.871. The van der Waals surface area contributed by atoms with Crippen LogP contribution in [0, 0.1) is 0 Å². The van der Waals surface area contributed by atoms with Crippen molar-refractivity contribution < 1.29 is 5.11 Å². The molecule has 0 radical (unpaired) electrons. The Morgan fingerprint density at radius 3 is 3.00 bits per heavy atom. The highest BCUT2D eigenvalue weighted by molar-refractivity contribution is 5.64. The fourth-order valence-electron chi connectivity index (χ4n) is 0.544. The highest BCUT2D eigenvalue weighted by Crippen LogP contribution is 1.92. The zero-order valence-corrected chi connectivity index (χ0v) is 4.63. The van der Waals surface area contributed by atoms with Crippen molar-refractivity contribution in [2.75, 3.05) is 0 Å². The lowest BCUT2D eigenvalue weighted by molar-refractivity contribution is 0.219. The molecule has 0 aromatic heterocycles. The molecule has 3 heteroatoms. The summed E-state index contributed by atoms with van der Waals surface area (Å²) < 4.78 is 0. The molecule has 0 aliphatic carbocycles. The van der Waals surface area contributed by atoms with E-state index in [-0.39, 0.29) is 0 Å². The molecule has 1 unspecified atom stereocenters. The SMILES string of the molecule is CC1=CN=CC(O)N1. The number of aliphatic imine (C=N–C) groups is 1. The van der Waals surface area contributed by atoms with Gasteiger partial charge in [0.1, 0.15) is 0 Å². The molecule has 0 saturated carbocycles. The van der Waals surface area contributed by atoms with Crippen LogP contribution in [0.3, 0.4) is 0 Å². The van der Waals surface area contributed by atoms with Crippen LogP contribution in [0.5, 0.6) is 0 Å². The molecular weight excluding hydrogens is 104 g/mol. The van der Waals surface area contributed by atoms with Crippen molar-refractivity contribution in [1.29, 1.82) is 0 Å². The largest absolute Gasteiger partial charge is 0.369 e. The maximum Gasteiger partial charge on any atom is 0.160 e. The van der Waals surface area contributed by atoms with Crippen molar-refractivity contribution in [3.8, 4) is 0 Å². The predicted molar refractivity (Wildman–Crippen MR) is 31.4 cm³/mol. The van der Waals surface area contributed by atoms with Crippen LogP contribution in [0.25, 0.3) is 0 Å². The molecule has 0 amide bonds. The van der Waals surface area contributed by atoms with E-state index < -0.39 is 6.23 Å². The number of aliphatic hydroxyl groups excluding tert-OH is 1. The zero-order chi connectivity index (χ0) is 5.98. The molecule has 1 atom stereocenters. The molecule has 44 valence electrons. The Balaban J connectivity index is 2.59. The third kappa shape index (κ3) is 1.07. The van der Waals surface area contributed by atoms with E-state index in [0.29, 0.717) is 0 Å².